The highest BCUT2D eigenvalue weighted by Gasteiger charge is 2.09. The van der Waals surface area contributed by atoms with Crippen molar-refractivity contribution in [3.8, 4) is 0 Å². The van der Waals surface area contributed by atoms with E-state index in [-0.39, 0.29) is 6.10 Å². The average Bonchev–Trinajstić information content (AvgIpc) is 2.79. The summed E-state index contributed by atoms with van der Waals surface area (Å²) in [5.74, 6) is 1.21. The first-order valence-corrected chi connectivity index (χ1v) is 7.46. The highest BCUT2D eigenvalue weighted by molar-refractivity contribution is 7.99. The maximum atomic E-state index is 9.89. The summed E-state index contributed by atoms with van der Waals surface area (Å²) in [7, 11) is 0. The fourth-order valence-electron chi connectivity index (χ4n) is 1.69. The van der Waals surface area contributed by atoms with Crippen LogP contribution in [0.25, 0.3) is 5.65 Å². The van der Waals surface area contributed by atoms with Crippen LogP contribution >= 0.6 is 11.8 Å². The lowest BCUT2D eigenvalue weighted by Gasteiger charge is -2.12. The van der Waals surface area contributed by atoms with Gasteiger partial charge in [-0.1, -0.05) is 31.7 Å². The molecule has 0 fully saturated rings. The molecule has 2 aromatic heterocycles. The third kappa shape index (κ3) is 4.19. The Morgan fingerprint density at radius 2 is 2.16 bits per heavy atom. The van der Waals surface area contributed by atoms with Crippen LogP contribution in [0.15, 0.2) is 29.6 Å². The van der Waals surface area contributed by atoms with Gasteiger partial charge >= 0.3 is 0 Å². The van der Waals surface area contributed by atoms with Gasteiger partial charge in [0.05, 0.1) is 6.10 Å². The predicted octanol–water partition coefficient (Wildman–Crippen LogP) is 1.43. The van der Waals surface area contributed by atoms with E-state index in [0.717, 1.165) is 17.3 Å². The number of thioether (sulfide) groups is 1. The molecule has 0 saturated heterocycles. The smallest absolute Gasteiger partial charge is 0.195 e. The summed E-state index contributed by atoms with van der Waals surface area (Å²) < 4.78 is 1.93. The van der Waals surface area contributed by atoms with Crippen molar-refractivity contribution in [3.63, 3.8) is 0 Å². The van der Waals surface area contributed by atoms with Gasteiger partial charge in [-0.05, 0) is 24.6 Å². The van der Waals surface area contributed by atoms with Gasteiger partial charge in [-0.3, -0.25) is 4.40 Å². The second-order valence-electron chi connectivity index (χ2n) is 4.93. The molecule has 2 heterocycles. The maximum Gasteiger partial charge on any atom is 0.195 e. The Hall–Kier alpha value is -1.11. The number of fused-ring (bicyclic) bond motifs is 1. The summed E-state index contributed by atoms with van der Waals surface area (Å²) >= 11 is 1.52. The molecule has 2 rings (SSSR count). The molecule has 0 spiro atoms. The van der Waals surface area contributed by atoms with Crippen molar-refractivity contribution < 1.29 is 5.11 Å². The largest absolute Gasteiger partial charge is 0.391 e. The van der Waals surface area contributed by atoms with Gasteiger partial charge < -0.3 is 10.4 Å². The Morgan fingerprint density at radius 3 is 2.95 bits per heavy atom. The van der Waals surface area contributed by atoms with Crippen LogP contribution in [0.1, 0.15) is 13.8 Å². The Kier molecular flexibility index (Phi) is 5.18. The summed E-state index contributed by atoms with van der Waals surface area (Å²) in [5.41, 5.74) is 0.831. The zero-order valence-corrected chi connectivity index (χ0v) is 12.1. The number of hydrogen-bond donors (Lipinski definition) is 2. The van der Waals surface area contributed by atoms with E-state index < -0.39 is 0 Å². The number of nitrogens with zero attached hydrogens (tertiary/aromatic N) is 3. The van der Waals surface area contributed by atoms with Gasteiger partial charge in [0.25, 0.3) is 0 Å². The van der Waals surface area contributed by atoms with Crippen LogP contribution in [0.2, 0.25) is 0 Å². The molecule has 0 radical (unpaired) electrons. The summed E-state index contributed by atoms with van der Waals surface area (Å²) in [6.45, 7) is 5.84. The van der Waals surface area contributed by atoms with Gasteiger partial charge in [0.2, 0.25) is 0 Å². The first-order valence-electron chi connectivity index (χ1n) is 6.48. The van der Waals surface area contributed by atoms with E-state index in [2.05, 4.69) is 29.4 Å². The molecule has 0 aliphatic heterocycles. The van der Waals surface area contributed by atoms with E-state index in [9.17, 15) is 5.11 Å². The number of aliphatic hydroxyl groups excluding tert-OH is 1. The third-order valence-corrected chi connectivity index (χ3v) is 3.71. The number of pyridine rings is 1. The Bertz CT molecular complexity index is 514. The zero-order chi connectivity index (χ0) is 13.7. The van der Waals surface area contributed by atoms with Gasteiger partial charge in [-0.25, -0.2) is 0 Å². The van der Waals surface area contributed by atoms with Crippen molar-refractivity contribution in [3.05, 3.63) is 24.4 Å². The fraction of sp³-hybridized carbons (Fsp3) is 0.538. The van der Waals surface area contributed by atoms with Crippen LogP contribution in [0.4, 0.5) is 0 Å². The summed E-state index contributed by atoms with van der Waals surface area (Å²) in [6, 6.07) is 5.79. The van der Waals surface area contributed by atoms with Crippen molar-refractivity contribution in [2.75, 3.05) is 18.8 Å². The fourth-order valence-corrected chi connectivity index (χ4v) is 2.54. The lowest BCUT2D eigenvalue weighted by molar-refractivity contribution is 0.194. The molecule has 6 heteroatoms. The van der Waals surface area contributed by atoms with E-state index in [4.69, 9.17) is 0 Å². The van der Waals surface area contributed by atoms with E-state index in [1.807, 2.05) is 28.8 Å². The lowest BCUT2D eigenvalue weighted by Crippen LogP contribution is -2.31. The van der Waals surface area contributed by atoms with Gasteiger partial charge in [0, 0.05) is 18.5 Å². The first-order chi connectivity index (χ1) is 9.16. The maximum absolute atomic E-state index is 9.89. The second kappa shape index (κ2) is 6.88. The molecular formula is C13H20N4OS. The number of aromatic nitrogens is 3. The number of rotatable bonds is 7. The molecule has 0 aromatic carbocycles. The minimum absolute atomic E-state index is 0.375. The van der Waals surface area contributed by atoms with Crippen LogP contribution in [-0.4, -0.2) is 44.7 Å². The number of hydrogen-bond acceptors (Lipinski definition) is 5. The van der Waals surface area contributed by atoms with Crippen molar-refractivity contribution in [2.24, 2.45) is 5.92 Å². The average molecular weight is 280 g/mol. The number of aliphatic hydroxyl groups is 1. The molecule has 0 amide bonds. The van der Waals surface area contributed by atoms with E-state index in [0.29, 0.717) is 18.2 Å². The number of nitrogens with one attached hydrogen (secondary N) is 1. The Balaban J connectivity index is 1.81. The standard InChI is InChI=1S/C13H20N4OS/c1-10(2)7-14-8-11(18)9-19-13-16-15-12-5-3-4-6-17(12)13/h3-6,10-11,14,18H,7-9H2,1-2H3. The SMILES string of the molecule is CC(C)CNCC(O)CSc1nnc2ccccn12. The van der Waals surface area contributed by atoms with Crippen LogP contribution in [0.3, 0.4) is 0 Å². The van der Waals surface area contributed by atoms with Crippen LogP contribution < -0.4 is 5.32 Å². The molecule has 19 heavy (non-hydrogen) atoms. The minimum atomic E-state index is -0.375. The first kappa shape index (κ1) is 14.3. The van der Waals surface area contributed by atoms with Crippen molar-refractivity contribution in [1.82, 2.24) is 19.9 Å². The van der Waals surface area contributed by atoms with Gasteiger partial charge in [0.15, 0.2) is 10.8 Å². The van der Waals surface area contributed by atoms with Gasteiger partial charge in [-0.2, -0.15) is 0 Å². The molecule has 1 atom stereocenters. The molecule has 2 N–H and O–H groups in total. The predicted molar refractivity (Wildman–Crippen MR) is 77.4 cm³/mol. The highest BCUT2D eigenvalue weighted by Crippen LogP contribution is 2.17. The highest BCUT2D eigenvalue weighted by atomic mass is 32.2. The van der Waals surface area contributed by atoms with Crippen LogP contribution in [0, 0.1) is 5.92 Å². The van der Waals surface area contributed by atoms with Crippen LogP contribution in [-0.2, 0) is 0 Å². The molecule has 0 aliphatic carbocycles. The molecule has 2 aromatic rings. The van der Waals surface area contributed by atoms with E-state index >= 15 is 0 Å². The summed E-state index contributed by atoms with van der Waals surface area (Å²) in [4.78, 5) is 0. The summed E-state index contributed by atoms with van der Waals surface area (Å²) in [5, 5.41) is 22.2. The zero-order valence-electron chi connectivity index (χ0n) is 11.3. The Labute approximate surface area is 117 Å². The molecule has 0 aliphatic rings. The topological polar surface area (TPSA) is 62.5 Å². The van der Waals surface area contributed by atoms with E-state index in [1.54, 1.807) is 0 Å². The molecule has 0 bridgehead atoms. The quantitative estimate of drug-likeness (QED) is 0.751. The van der Waals surface area contributed by atoms with Crippen molar-refractivity contribution in [1.29, 1.82) is 0 Å². The monoisotopic (exact) mass is 280 g/mol. The normalized spacial score (nSPS) is 13.3. The van der Waals surface area contributed by atoms with Crippen LogP contribution in [0.5, 0.6) is 0 Å². The second-order valence-corrected chi connectivity index (χ2v) is 5.92. The van der Waals surface area contributed by atoms with Gasteiger partial charge in [-0.15, -0.1) is 10.2 Å². The van der Waals surface area contributed by atoms with Crippen molar-refractivity contribution >= 4 is 17.4 Å². The summed E-state index contributed by atoms with van der Waals surface area (Å²) in [6.07, 6.45) is 1.56. The minimum Gasteiger partial charge on any atom is -0.391 e. The third-order valence-electron chi connectivity index (χ3n) is 2.62. The molecule has 104 valence electrons. The van der Waals surface area contributed by atoms with Gasteiger partial charge in [0.1, 0.15) is 0 Å². The van der Waals surface area contributed by atoms with E-state index in [1.165, 1.54) is 11.8 Å². The molecular weight excluding hydrogens is 260 g/mol. The molecule has 1 unspecified atom stereocenters. The van der Waals surface area contributed by atoms with Crippen molar-refractivity contribution in [2.45, 2.75) is 25.1 Å². The lowest BCUT2D eigenvalue weighted by atomic mass is 10.2. The Morgan fingerprint density at radius 1 is 1.32 bits per heavy atom. The molecule has 0 saturated carbocycles. The molecule has 5 nitrogen and oxygen atoms in total.